The van der Waals surface area contributed by atoms with Crippen LogP contribution in [0.1, 0.15) is 11.1 Å². The maximum atomic E-state index is 12.0. The number of hydrogen-bond donors (Lipinski definition) is 2. The third-order valence-electron chi connectivity index (χ3n) is 2.94. The standard InChI is InChI=1S/C14H13N3O4S2/c1-11-2-6-13(7-3-11)22(18,19)16-17-23(20,21)14-8-4-12(10-15)5-9-14/h2-9,16-17H,1H3. The molecule has 0 bridgehead atoms. The van der Waals surface area contributed by atoms with E-state index >= 15 is 0 Å². The molecular weight excluding hydrogens is 338 g/mol. The number of nitriles is 1. The van der Waals surface area contributed by atoms with Gasteiger partial charge in [-0.3, -0.25) is 0 Å². The number of sulfonamides is 2. The summed E-state index contributed by atoms with van der Waals surface area (Å²) in [6, 6.07) is 12.9. The molecule has 0 aliphatic rings. The first kappa shape index (κ1) is 17.1. The Morgan fingerprint density at radius 2 is 1.17 bits per heavy atom. The molecule has 0 aliphatic carbocycles. The Kier molecular flexibility index (Phi) is 4.82. The highest BCUT2D eigenvalue weighted by atomic mass is 32.2. The molecule has 2 aromatic carbocycles. The molecule has 2 N–H and O–H groups in total. The van der Waals surface area contributed by atoms with E-state index < -0.39 is 20.0 Å². The van der Waals surface area contributed by atoms with Crippen molar-refractivity contribution in [2.45, 2.75) is 16.7 Å². The van der Waals surface area contributed by atoms with E-state index in [4.69, 9.17) is 5.26 Å². The number of benzene rings is 2. The van der Waals surface area contributed by atoms with Crippen LogP contribution < -0.4 is 9.66 Å². The minimum absolute atomic E-state index is 0.0642. The van der Waals surface area contributed by atoms with Gasteiger partial charge in [0.25, 0.3) is 20.0 Å². The van der Waals surface area contributed by atoms with Crippen molar-refractivity contribution in [2.24, 2.45) is 0 Å². The lowest BCUT2D eigenvalue weighted by Gasteiger charge is -2.09. The van der Waals surface area contributed by atoms with Crippen LogP contribution in [0.3, 0.4) is 0 Å². The lowest BCUT2D eigenvalue weighted by atomic mass is 10.2. The first-order valence-corrected chi connectivity index (χ1v) is 9.32. The van der Waals surface area contributed by atoms with Crippen LogP contribution in [0.25, 0.3) is 0 Å². The summed E-state index contributed by atoms with van der Waals surface area (Å²) in [5, 5.41) is 8.68. The molecule has 7 nitrogen and oxygen atoms in total. The highest BCUT2D eigenvalue weighted by molar-refractivity contribution is 7.92. The highest BCUT2D eigenvalue weighted by Crippen LogP contribution is 2.12. The first-order valence-electron chi connectivity index (χ1n) is 6.35. The van der Waals surface area contributed by atoms with E-state index in [-0.39, 0.29) is 9.79 Å². The number of aryl methyl sites for hydroxylation is 1. The average Bonchev–Trinajstić information content (AvgIpc) is 2.54. The van der Waals surface area contributed by atoms with Gasteiger partial charge < -0.3 is 0 Å². The molecule has 0 heterocycles. The molecule has 0 amide bonds. The van der Waals surface area contributed by atoms with Crippen LogP contribution in [0.15, 0.2) is 58.3 Å². The topological polar surface area (TPSA) is 116 Å². The molecule has 9 heteroatoms. The Labute approximate surface area is 134 Å². The smallest absolute Gasteiger partial charge is 0.206 e. The fourth-order valence-corrected chi connectivity index (χ4v) is 3.76. The molecule has 0 unspecified atom stereocenters. The molecule has 2 rings (SSSR count). The summed E-state index contributed by atoms with van der Waals surface area (Å²) >= 11 is 0. The van der Waals surface area contributed by atoms with Crippen molar-refractivity contribution in [3.05, 3.63) is 59.7 Å². The van der Waals surface area contributed by atoms with Crippen LogP contribution in [-0.4, -0.2) is 16.8 Å². The summed E-state index contributed by atoms with van der Waals surface area (Å²) < 4.78 is 48.2. The number of rotatable bonds is 5. The molecular formula is C14H13N3O4S2. The van der Waals surface area contributed by atoms with Crippen LogP contribution in [-0.2, 0) is 20.0 Å². The van der Waals surface area contributed by atoms with Crippen molar-refractivity contribution in [3.8, 4) is 6.07 Å². The van der Waals surface area contributed by atoms with Crippen LogP contribution in [0.2, 0.25) is 0 Å². The maximum Gasteiger partial charge on any atom is 0.254 e. The monoisotopic (exact) mass is 351 g/mol. The predicted octanol–water partition coefficient (Wildman–Crippen LogP) is 1.04. The average molecular weight is 351 g/mol. The van der Waals surface area contributed by atoms with Gasteiger partial charge in [0.05, 0.1) is 21.4 Å². The van der Waals surface area contributed by atoms with E-state index in [1.165, 1.54) is 36.4 Å². The fraction of sp³-hybridized carbons (Fsp3) is 0.0714. The van der Waals surface area contributed by atoms with Gasteiger partial charge in [0.1, 0.15) is 0 Å². The third kappa shape index (κ3) is 4.14. The Balaban J connectivity index is 2.18. The van der Waals surface area contributed by atoms with Crippen LogP contribution in [0.4, 0.5) is 0 Å². The van der Waals surface area contributed by atoms with Gasteiger partial charge in [0.15, 0.2) is 0 Å². The Hall–Kier alpha value is -2.25. The largest absolute Gasteiger partial charge is 0.254 e. The molecule has 0 spiro atoms. The number of nitrogens with zero attached hydrogens (tertiary/aromatic N) is 1. The van der Waals surface area contributed by atoms with Crippen LogP contribution in [0, 0.1) is 18.3 Å². The summed E-state index contributed by atoms with van der Waals surface area (Å²) in [5.74, 6) is 0. The van der Waals surface area contributed by atoms with Gasteiger partial charge in [-0.1, -0.05) is 17.7 Å². The minimum Gasteiger partial charge on any atom is -0.206 e. The van der Waals surface area contributed by atoms with E-state index in [9.17, 15) is 16.8 Å². The molecule has 2 aromatic rings. The number of nitrogens with one attached hydrogen (secondary N) is 2. The third-order valence-corrected chi connectivity index (χ3v) is 5.59. The molecule has 23 heavy (non-hydrogen) atoms. The van der Waals surface area contributed by atoms with Crippen molar-refractivity contribution in [2.75, 3.05) is 0 Å². The van der Waals surface area contributed by atoms with Gasteiger partial charge in [0.2, 0.25) is 0 Å². The SMILES string of the molecule is Cc1ccc(S(=O)(=O)NNS(=O)(=O)c2ccc(C#N)cc2)cc1. The van der Waals surface area contributed by atoms with Gasteiger partial charge >= 0.3 is 0 Å². The van der Waals surface area contributed by atoms with E-state index in [1.807, 2.05) is 15.7 Å². The Morgan fingerprint density at radius 1 is 0.783 bits per heavy atom. The van der Waals surface area contributed by atoms with Crippen LogP contribution in [0.5, 0.6) is 0 Å². The van der Waals surface area contributed by atoms with E-state index in [0.717, 1.165) is 5.56 Å². The van der Waals surface area contributed by atoms with E-state index in [0.29, 0.717) is 5.56 Å². The summed E-state index contributed by atoms with van der Waals surface area (Å²) in [5.41, 5.74) is 1.17. The molecule has 0 saturated heterocycles. The van der Waals surface area contributed by atoms with Gasteiger partial charge in [-0.2, -0.15) is 5.26 Å². The summed E-state index contributed by atoms with van der Waals surface area (Å²) in [7, 11) is -8.11. The van der Waals surface area contributed by atoms with Gasteiger partial charge in [-0.15, -0.1) is 9.66 Å². The molecule has 120 valence electrons. The minimum atomic E-state index is -4.08. The van der Waals surface area contributed by atoms with Gasteiger partial charge in [-0.25, -0.2) is 16.8 Å². The zero-order chi connectivity index (χ0) is 17.1. The zero-order valence-corrected chi connectivity index (χ0v) is 13.6. The highest BCUT2D eigenvalue weighted by Gasteiger charge is 2.19. The van der Waals surface area contributed by atoms with Gasteiger partial charge in [-0.05, 0) is 43.3 Å². The molecule has 0 atom stereocenters. The lowest BCUT2D eigenvalue weighted by Crippen LogP contribution is -2.41. The molecule has 0 radical (unpaired) electrons. The summed E-state index contributed by atoms with van der Waals surface area (Å²) in [6.07, 6.45) is 0. The summed E-state index contributed by atoms with van der Waals surface area (Å²) in [4.78, 5) is 3.42. The van der Waals surface area contributed by atoms with Gasteiger partial charge in [0, 0.05) is 0 Å². The Bertz CT molecular complexity index is 943. The maximum absolute atomic E-state index is 12.0. The second-order valence-corrected chi connectivity index (χ2v) is 8.03. The van der Waals surface area contributed by atoms with Crippen molar-refractivity contribution in [1.82, 2.24) is 9.66 Å². The quantitative estimate of drug-likeness (QED) is 0.781. The molecule has 0 aromatic heterocycles. The van der Waals surface area contributed by atoms with Crippen LogP contribution >= 0.6 is 0 Å². The zero-order valence-electron chi connectivity index (χ0n) is 12.0. The molecule has 0 aliphatic heterocycles. The Morgan fingerprint density at radius 3 is 1.57 bits per heavy atom. The van der Waals surface area contributed by atoms with Crippen molar-refractivity contribution in [1.29, 1.82) is 5.26 Å². The fourth-order valence-electron chi connectivity index (χ4n) is 1.65. The van der Waals surface area contributed by atoms with Crippen molar-refractivity contribution < 1.29 is 16.8 Å². The second kappa shape index (κ2) is 6.47. The summed E-state index contributed by atoms with van der Waals surface area (Å²) in [6.45, 7) is 1.80. The van der Waals surface area contributed by atoms with E-state index in [2.05, 4.69) is 0 Å². The van der Waals surface area contributed by atoms with Crippen molar-refractivity contribution >= 4 is 20.0 Å². The lowest BCUT2D eigenvalue weighted by molar-refractivity contribution is 0.557. The predicted molar refractivity (Wildman–Crippen MR) is 83.0 cm³/mol. The van der Waals surface area contributed by atoms with E-state index in [1.54, 1.807) is 19.1 Å². The first-order chi connectivity index (χ1) is 10.7. The normalized spacial score (nSPS) is 11.8. The number of hydrazine groups is 1. The van der Waals surface area contributed by atoms with Crippen molar-refractivity contribution in [3.63, 3.8) is 0 Å². The molecule has 0 saturated carbocycles. The second-order valence-electron chi connectivity index (χ2n) is 4.66. The molecule has 0 fully saturated rings. The number of hydrogen-bond acceptors (Lipinski definition) is 5.